The Morgan fingerprint density at radius 1 is 1.37 bits per heavy atom. The zero-order valence-electron chi connectivity index (χ0n) is 10.3. The minimum atomic E-state index is -4.72. The van der Waals surface area contributed by atoms with Gasteiger partial charge in [0.1, 0.15) is 5.82 Å². The van der Waals surface area contributed by atoms with Gasteiger partial charge < -0.3 is 15.2 Å². The Labute approximate surface area is 108 Å². The van der Waals surface area contributed by atoms with Gasteiger partial charge in [0.05, 0.1) is 24.8 Å². The van der Waals surface area contributed by atoms with Gasteiger partial charge >= 0.3 is 6.18 Å². The number of halogens is 4. The van der Waals surface area contributed by atoms with Crippen molar-refractivity contribution in [3.63, 3.8) is 0 Å². The zero-order chi connectivity index (χ0) is 14.5. The lowest BCUT2D eigenvalue weighted by Gasteiger charge is -2.16. The molecule has 1 rings (SSSR count). The fraction of sp³-hybridized carbons (Fsp3) is 0.500. The van der Waals surface area contributed by atoms with Crippen LogP contribution in [0, 0.1) is 5.82 Å². The van der Waals surface area contributed by atoms with Crippen molar-refractivity contribution in [1.29, 1.82) is 0 Å². The molecule has 1 aromatic rings. The van der Waals surface area contributed by atoms with E-state index in [0.717, 1.165) is 12.1 Å². The Hall–Kier alpha value is -1.18. The largest absolute Gasteiger partial charge is 0.419 e. The fourth-order valence-electron chi connectivity index (χ4n) is 1.54. The van der Waals surface area contributed by atoms with E-state index in [1.807, 2.05) is 0 Å². The summed E-state index contributed by atoms with van der Waals surface area (Å²) in [6.45, 7) is 0.100. The van der Waals surface area contributed by atoms with E-state index in [1.54, 1.807) is 0 Å². The summed E-state index contributed by atoms with van der Waals surface area (Å²) in [6.07, 6.45) is -4.72. The van der Waals surface area contributed by atoms with Gasteiger partial charge in [-0.2, -0.15) is 13.2 Å². The molecule has 0 spiro atoms. The van der Waals surface area contributed by atoms with Crippen molar-refractivity contribution in [3.8, 4) is 0 Å². The number of hydrogen-bond donors (Lipinski definition) is 2. The molecule has 0 aliphatic heterocycles. The zero-order valence-corrected chi connectivity index (χ0v) is 10.3. The quantitative estimate of drug-likeness (QED) is 0.783. The second-order valence-electron chi connectivity index (χ2n) is 4.03. The predicted molar refractivity (Wildman–Crippen MR) is 61.0 cm³/mol. The van der Waals surface area contributed by atoms with E-state index in [4.69, 9.17) is 9.84 Å². The van der Waals surface area contributed by atoms with Gasteiger partial charge in [-0.1, -0.05) is 6.07 Å². The normalized spacial score (nSPS) is 13.6. The van der Waals surface area contributed by atoms with Gasteiger partial charge in [0.2, 0.25) is 0 Å². The van der Waals surface area contributed by atoms with Crippen LogP contribution in [0.3, 0.4) is 0 Å². The highest BCUT2D eigenvalue weighted by molar-refractivity contribution is 5.27. The number of alkyl halides is 3. The highest BCUT2D eigenvalue weighted by Gasteiger charge is 2.34. The first kappa shape index (κ1) is 15.9. The molecule has 19 heavy (non-hydrogen) atoms. The van der Waals surface area contributed by atoms with Gasteiger partial charge in [0, 0.05) is 13.7 Å². The number of aliphatic hydroxyl groups excluding tert-OH is 1. The Morgan fingerprint density at radius 2 is 2.05 bits per heavy atom. The summed E-state index contributed by atoms with van der Waals surface area (Å²) in [6, 6.07) is 2.41. The molecule has 0 saturated carbocycles. The van der Waals surface area contributed by atoms with Crippen LogP contribution < -0.4 is 5.32 Å². The third kappa shape index (κ3) is 4.77. The summed E-state index contributed by atoms with van der Waals surface area (Å²) in [4.78, 5) is 0. The second kappa shape index (κ2) is 6.83. The van der Waals surface area contributed by atoms with Crippen LogP contribution in [-0.4, -0.2) is 31.5 Å². The van der Waals surface area contributed by atoms with E-state index in [2.05, 4.69) is 5.32 Å². The van der Waals surface area contributed by atoms with Crippen LogP contribution in [0.4, 0.5) is 17.6 Å². The molecular weight excluding hydrogens is 266 g/mol. The fourth-order valence-corrected chi connectivity index (χ4v) is 1.54. The summed E-state index contributed by atoms with van der Waals surface area (Å²) in [5.74, 6) is -1.30. The summed E-state index contributed by atoms with van der Waals surface area (Å²) < 4.78 is 55.4. The van der Waals surface area contributed by atoms with Crippen LogP contribution in [-0.2, 0) is 17.5 Å². The van der Waals surface area contributed by atoms with E-state index in [0.29, 0.717) is 0 Å². The molecule has 0 saturated heterocycles. The Morgan fingerprint density at radius 3 is 2.58 bits per heavy atom. The molecule has 1 aromatic carbocycles. The lowest BCUT2D eigenvalue weighted by atomic mass is 10.1. The Balaban J connectivity index is 2.75. The van der Waals surface area contributed by atoms with Crippen LogP contribution >= 0.6 is 0 Å². The first-order valence-electron chi connectivity index (χ1n) is 5.57. The molecule has 1 atom stereocenters. The summed E-state index contributed by atoms with van der Waals surface area (Å²) in [5, 5.41) is 11.8. The summed E-state index contributed by atoms with van der Waals surface area (Å²) in [7, 11) is 1.45. The molecule has 0 radical (unpaired) electrons. The highest BCUT2D eigenvalue weighted by atomic mass is 19.4. The Bertz CT molecular complexity index is 409. The van der Waals surface area contributed by atoms with E-state index in [9.17, 15) is 17.6 Å². The molecule has 3 nitrogen and oxygen atoms in total. The smallest absolute Gasteiger partial charge is 0.395 e. The minimum Gasteiger partial charge on any atom is -0.395 e. The molecule has 0 aromatic heterocycles. The monoisotopic (exact) mass is 281 g/mol. The number of rotatable bonds is 6. The molecule has 7 heteroatoms. The first-order valence-corrected chi connectivity index (χ1v) is 5.57. The van der Waals surface area contributed by atoms with E-state index in [-0.39, 0.29) is 31.4 Å². The van der Waals surface area contributed by atoms with Crippen molar-refractivity contribution in [1.82, 2.24) is 5.32 Å². The molecule has 2 N–H and O–H groups in total. The van der Waals surface area contributed by atoms with Crippen LogP contribution in [0.15, 0.2) is 18.2 Å². The number of nitrogens with one attached hydrogen (secondary N) is 1. The van der Waals surface area contributed by atoms with Gasteiger partial charge in [0.15, 0.2) is 0 Å². The maximum atomic E-state index is 13.1. The third-order valence-corrected chi connectivity index (χ3v) is 2.52. The van der Waals surface area contributed by atoms with Crippen LogP contribution in [0.2, 0.25) is 0 Å². The maximum absolute atomic E-state index is 13.1. The van der Waals surface area contributed by atoms with E-state index < -0.39 is 17.6 Å². The topological polar surface area (TPSA) is 41.5 Å². The number of aliphatic hydroxyl groups is 1. The van der Waals surface area contributed by atoms with Crippen molar-refractivity contribution in [2.75, 3.05) is 20.3 Å². The summed E-state index contributed by atoms with van der Waals surface area (Å²) in [5.41, 5.74) is -1.01. The van der Waals surface area contributed by atoms with Gasteiger partial charge in [-0.25, -0.2) is 4.39 Å². The van der Waals surface area contributed by atoms with Crippen molar-refractivity contribution in [3.05, 3.63) is 35.1 Å². The first-order chi connectivity index (χ1) is 8.88. The van der Waals surface area contributed by atoms with Crippen molar-refractivity contribution < 1.29 is 27.4 Å². The lowest BCUT2D eigenvalue weighted by molar-refractivity contribution is -0.140. The molecule has 0 fully saturated rings. The van der Waals surface area contributed by atoms with Crippen molar-refractivity contribution in [2.24, 2.45) is 0 Å². The maximum Gasteiger partial charge on any atom is 0.419 e. The molecule has 0 aliphatic carbocycles. The van der Waals surface area contributed by atoms with E-state index in [1.165, 1.54) is 13.2 Å². The molecule has 1 unspecified atom stereocenters. The molecule has 0 heterocycles. The third-order valence-electron chi connectivity index (χ3n) is 2.52. The van der Waals surface area contributed by atoms with Crippen molar-refractivity contribution >= 4 is 0 Å². The molecule has 0 aliphatic rings. The SMILES string of the molecule is COCC(CO)NCc1ccc(F)c(C(F)(F)F)c1. The van der Waals surface area contributed by atoms with Gasteiger partial charge in [-0.15, -0.1) is 0 Å². The number of ether oxygens (including phenoxy) is 1. The van der Waals surface area contributed by atoms with Crippen LogP contribution in [0.25, 0.3) is 0 Å². The Kier molecular flexibility index (Phi) is 5.71. The van der Waals surface area contributed by atoms with Gasteiger partial charge in [-0.05, 0) is 17.7 Å². The van der Waals surface area contributed by atoms with Crippen LogP contribution in [0.1, 0.15) is 11.1 Å². The predicted octanol–water partition coefficient (Wildman–Crippen LogP) is 1.94. The average Bonchev–Trinajstić information content (AvgIpc) is 2.34. The average molecular weight is 281 g/mol. The highest BCUT2D eigenvalue weighted by Crippen LogP contribution is 2.31. The number of methoxy groups -OCH3 is 1. The lowest BCUT2D eigenvalue weighted by Crippen LogP contribution is -2.35. The molecule has 0 amide bonds. The summed E-state index contributed by atoms with van der Waals surface area (Å²) >= 11 is 0. The standard InChI is InChI=1S/C12H15F4NO2/c1-19-7-9(6-18)17-5-8-2-3-11(13)10(4-8)12(14,15)16/h2-4,9,17-18H,5-7H2,1H3. The molecule has 0 bridgehead atoms. The minimum absolute atomic E-state index is 0.0813. The van der Waals surface area contributed by atoms with Gasteiger partial charge in [-0.3, -0.25) is 0 Å². The molecule has 108 valence electrons. The molecular formula is C12H15F4NO2. The van der Waals surface area contributed by atoms with Crippen molar-refractivity contribution in [2.45, 2.75) is 18.8 Å². The van der Waals surface area contributed by atoms with Gasteiger partial charge in [0.25, 0.3) is 0 Å². The van der Waals surface area contributed by atoms with E-state index >= 15 is 0 Å². The number of benzene rings is 1. The second-order valence-corrected chi connectivity index (χ2v) is 4.03. The van der Waals surface area contributed by atoms with Crippen LogP contribution in [0.5, 0.6) is 0 Å². The number of hydrogen-bond acceptors (Lipinski definition) is 3.